The molecule has 1 aromatic heterocycles. The van der Waals surface area contributed by atoms with E-state index in [9.17, 15) is 0 Å². The Morgan fingerprint density at radius 1 is 1.28 bits per heavy atom. The van der Waals surface area contributed by atoms with E-state index in [1.54, 1.807) is 0 Å². The first-order valence-electron chi connectivity index (χ1n) is 6.04. The third kappa shape index (κ3) is 3.34. The van der Waals surface area contributed by atoms with E-state index in [2.05, 4.69) is 11.2 Å². The Morgan fingerprint density at radius 2 is 1.94 bits per heavy atom. The second-order valence-electron chi connectivity index (χ2n) is 4.70. The van der Waals surface area contributed by atoms with Gasteiger partial charge in [0.25, 0.3) is 0 Å². The van der Waals surface area contributed by atoms with Gasteiger partial charge in [-0.3, -0.25) is 4.68 Å². The molecule has 0 aliphatic carbocycles. The SMILES string of the molecule is Cc1cc(CC(N)Cc2ccc(Cl)cc2)n(C)n1. The van der Waals surface area contributed by atoms with Gasteiger partial charge >= 0.3 is 0 Å². The monoisotopic (exact) mass is 263 g/mol. The van der Waals surface area contributed by atoms with Crippen LogP contribution in [0.4, 0.5) is 0 Å². The molecule has 96 valence electrons. The van der Waals surface area contributed by atoms with Gasteiger partial charge in [-0.15, -0.1) is 0 Å². The average molecular weight is 264 g/mol. The van der Waals surface area contributed by atoms with Gasteiger partial charge in [-0.25, -0.2) is 0 Å². The van der Waals surface area contributed by atoms with E-state index in [4.69, 9.17) is 17.3 Å². The van der Waals surface area contributed by atoms with Gasteiger partial charge in [-0.05, 0) is 37.1 Å². The third-order valence-electron chi connectivity index (χ3n) is 2.98. The molecule has 4 heteroatoms. The van der Waals surface area contributed by atoms with Crippen molar-refractivity contribution in [2.45, 2.75) is 25.8 Å². The van der Waals surface area contributed by atoms with Crippen LogP contribution >= 0.6 is 11.6 Å². The van der Waals surface area contributed by atoms with Crippen LogP contribution in [0.1, 0.15) is 17.0 Å². The van der Waals surface area contributed by atoms with Crippen molar-refractivity contribution in [2.24, 2.45) is 12.8 Å². The zero-order valence-corrected chi connectivity index (χ0v) is 11.5. The normalized spacial score (nSPS) is 12.7. The summed E-state index contributed by atoms with van der Waals surface area (Å²) in [6.07, 6.45) is 1.68. The van der Waals surface area contributed by atoms with Crippen molar-refractivity contribution in [1.82, 2.24) is 9.78 Å². The molecule has 0 spiro atoms. The highest BCUT2D eigenvalue weighted by atomic mass is 35.5. The molecule has 0 aliphatic rings. The average Bonchev–Trinajstić information content (AvgIpc) is 2.61. The molecule has 0 fully saturated rings. The first-order valence-corrected chi connectivity index (χ1v) is 6.42. The fourth-order valence-electron chi connectivity index (χ4n) is 2.12. The summed E-state index contributed by atoms with van der Waals surface area (Å²) < 4.78 is 1.90. The van der Waals surface area contributed by atoms with Crippen LogP contribution in [0.2, 0.25) is 5.02 Å². The zero-order valence-electron chi connectivity index (χ0n) is 10.7. The highest BCUT2D eigenvalue weighted by Crippen LogP contribution is 2.12. The van der Waals surface area contributed by atoms with Crippen LogP contribution in [0.15, 0.2) is 30.3 Å². The van der Waals surface area contributed by atoms with Crippen molar-refractivity contribution in [3.8, 4) is 0 Å². The lowest BCUT2D eigenvalue weighted by molar-refractivity contribution is 0.612. The Hall–Kier alpha value is -1.32. The summed E-state index contributed by atoms with van der Waals surface area (Å²) in [4.78, 5) is 0. The van der Waals surface area contributed by atoms with E-state index < -0.39 is 0 Å². The Balaban J connectivity index is 1.98. The summed E-state index contributed by atoms with van der Waals surface area (Å²) in [5.41, 5.74) is 9.60. The predicted molar refractivity (Wildman–Crippen MR) is 74.8 cm³/mol. The minimum Gasteiger partial charge on any atom is -0.327 e. The molecular weight excluding hydrogens is 246 g/mol. The Morgan fingerprint density at radius 3 is 2.50 bits per heavy atom. The second kappa shape index (κ2) is 5.55. The number of aromatic nitrogens is 2. The van der Waals surface area contributed by atoms with Crippen molar-refractivity contribution >= 4 is 11.6 Å². The van der Waals surface area contributed by atoms with E-state index in [0.29, 0.717) is 0 Å². The number of aryl methyl sites for hydroxylation is 2. The first-order chi connectivity index (χ1) is 8.54. The number of hydrogen-bond donors (Lipinski definition) is 1. The minimum atomic E-state index is 0.0981. The smallest absolute Gasteiger partial charge is 0.0596 e. The van der Waals surface area contributed by atoms with E-state index >= 15 is 0 Å². The molecular formula is C14H18ClN3. The van der Waals surface area contributed by atoms with Crippen LogP contribution in [-0.2, 0) is 19.9 Å². The molecule has 0 saturated carbocycles. The summed E-state index contributed by atoms with van der Waals surface area (Å²) in [6.45, 7) is 1.99. The molecule has 1 aromatic carbocycles. The lowest BCUT2D eigenvalue weighted by atomic mass is 10.0. The third-order valence-corrected chi connectivity index (χ3v) is 3.23. The number of rotatable bonds is 4. The van der Waals surface area contributed by atoms with Crippen LogP contribution in [-0.4, -0.2) is 15.8 Å². The molecule has 2 rings (SSSR count). The molecule has 0 aliphatic heterocycles. The maximum Gasteiger partial charge on any atom is 0.0596 e. The summed E-state index contributed by atoms with van der Waals surface area (Å²) in [6, 6.07) is 10.0. The molecule has 1 heterocycles. The molecule has 1 unspecified atom stereocenters. The summed E-state index contributed by atoms with van der Waals surface area (Å²) in [5, 5.41) is 5.09. The van der Waals surface area contributed by atoms with Crippen LogP contribution < -0.4 is 5.73 Å². The van der Waals surface area contributed by atoms with Gasteiger partial charge in [0.2, 0.25) is 0 Å². The lowest BCUT2D eigenvalue weighted by Gasteiger charge is -2.11. The summed E-state index contributed by atoms with van der Waals surface area (Å²) in [7, 11) is 1.96. The quantitative estimate of drug-likeness (QED) is 0.921. The number of nitrogens with zero attached hydrogens (tertiary/aromatic N) is 2. The number of benzene rings is 1. The first kappa shape index (κ1) is 13.1. The molecule has 1 atom stereocenters. The zero-order chi connectivity index (χ0) is 13.1. The molecule has 0 amide bonds. The van der Waals surface area contributed by atoms with Crippen molar-refractivity contribution < 1.29 is 0 Å². The van der Waals surface area contributed by atoms with Crippen molar-refractivity contribution in [3.05, 3.63) is 52.3 Å². The topological polar surface area (TPSA) is 43.8 Å². The van der Waals surface area contributed by atoms with E-state index in [1.807, 2.05) is 42.9 Å². The molecule has 18 heavy (non-hydrogen) atoms. The van der Waals surface area contributed by atoms with Gasteiger partial charge in [-0.2, -0.15) is 5.10 Å². The molecule has 0 radical (unpaired) electrons. The Labute approximate surface area is 113 Å². The lowest BCUT2D eigenvalue weighted by Crippen LogP contribution is -2.26. The Bertz CT molecular complexity index is 516. The van der Waals surface area contributed by atoms with Crippen molar-refractivity contribution in [3.63, 3.8) is 0 Å². The van der Waals surface area contributed by atoms with Crippen molar-refractivity contribution in [2.75, 3.05) is 0 Å². The maximum atomic E-state index is 6.18. The van der Waals surface area contributed by atoms with Gasteiger partial charge in [-0.1, -0.05) is 23.7 Å². The van der Waals surface area contributed by atoms with Gasteiger partial charge in [0.1, 0.15) is 0 Å². The van der Waals surface area contributed by atoms with E-state index in [1.165, 1.54) is 11.3 Å². The number of nitrogens with two attached hydrogens (primary N) is 1. The van der Waals surface area contributed by atoms with E-state index in [-0.39, 0.29) is 6.04 Å². The van der Waals surface area contributed by atoms with E-state index in [0.717, 1.165) is 23.6 Å². The van der Waals surface area contributed by atoms with Crippen LogP contribution in [0.25, 0.3) is 0 Å². The summed E-state index contributed by atoms with van der Waals surface area (Å²) >= 11 is 5.86. The largest absolute Gasteiger partial charge is 0.327 e. The molecule has 0 saturated heterocycles. The second-order valence-corrected chi connectivity index (χ2v) is 5.13. The fraction of sp³-hybridized carbons (Fsp3) is 0.357. The van der Waals surface area contributed by atoms with Crippen LogP contribution in [0, 0.1) is 6.92 Å². The van der Waals surface area contributed by atoms with Crippen LogP contribution in [0.3, 0.4) is 0 Å². The summed E-state index contributed by atoms with van der Waals surface area (Å²) in [5.74, 6) is 0. The number of halogens is 1. The van der Waals surface area contributed by atoms with Gasteiger partial charge in [0.05, 0.1) is 5.69 Å². The number of hydrogen-bond acceptors (Lipinski definition) is 2. The van der Waals surface area contributed by atoms with Crippen LogP contribution in [0.5, 0.6) is 0 Å². The minimum absolute atomic E-state index is 0.0981. The maximum absolute atomic E-state index is 6.18. The fourth-order valence-corrected chi connectivity index (χ4v) is 2.25. The molecule has 2 aromatic rings. The van der Waals surface area contributed by atoms with Crippen molar-refractivity contribution in [1.29, 1.82) is 0 Å². The Kier molecular flexibility index (Phi) is 4.04. The standard InChI is InChI=1S/C14H18ClN3/c1-10-7-14(18(2)17-10)9-13(16)8-11-3-5-12(15)6-4-11/h3-7,13H,8-9,16H2,1-2H3. The van der Waals surface area contributed by atoms with Gasteiger partial charge in [0.15, 0.2) is 0 Å². The predicted octanol–water partition coefficient (Wildman–Crippen LogP) is 2.49. The molecule has 0 bridgehead atoms. The highest BCUT2D eigenvalue weighted by molar-refractivity contribution is 6.30. The van der Waals surface area contributed by atoms with Gasteiger partial charge < -0.3 is 5.73 Å². The van der Waals surface area contributed by atoms with Gasteiger partial charge in [0, 0.05) is 30.2 Å². The molecule has 3 nitrogen and oxygen atoms in total. The molecule has 2 N–H and O–H groups in total. The highest BCUT2D eigenvalue weighted by Gasteiger charge is 2.09.